The summed E-state index contributed by atoms with van der Waals surface area (Å²) in [7, 11) is 1.93. The van der Waals surface area contributed by atoms with Gasteiger partial charge in [0.1, 0.15) is 16.7 Å². The van der Waals surface area contributed by atoms with Gasteiger partial charge in [0.2, 0.25) is 0 Å². The number of amides is 1. The summed E-state index contributed by atoms with van der Waals surface area (Å²) in [4.78, 5) is 27.7. The quantitative estimate of drug-likeness (QED) is 0.358. The average molecular weight is 439 g/mol. The second kappa shape index (κ2) is 8.80. The van der Waals surface area contributed by atoms with Gasteiger partial charge >= 0.3 is 0 Å². The third-order valence-corrected chi connectivity index (χ3v) is 7.13. The molecule has 1 aliphatic rings. The number of aryl methyl sites for hydroxylation is 1. The number of thiophene rings is 1. The van der Waals surface area contributed by atoms with Crippen molar-refractivity contribution >= 4 is 33.8 Å². The Hall–Kier alpha value is -2.71. The molecule has 8 heteroatoms. The molecular weight excluding hydrogens is 408 g/mol. The Balaban J connectivity index is 1.72. The highest BCUT2D eigenvalue weighted by Crippen LogP contribution is 2.39. The Morgan fingerprint density at radius 1 is 1.32 bits per heavy atom. The Kier molecular flexibility index (Phi) is 6.11. The molecule has 164 valence electrons. The monoisotopic (exact) mass is 438 g/mol. The van der Waals surface area contributed by atoms with E-state index >= 15 is 0 Å². The van der Waals surface area contributed by atoms with Gasteiger partial charge in [-0.15, -0.1) is 11.3 Å². The van der Waals surface area contributed by atoms with Crippen molar-refractivity contribution in [2.24, 2.45) is 4.99 Å². The van der Waals surface area contributed by atoms with Gasteiger partial charge in [0.25, 0.3) is 5.91 Å². The fourth-order valence-corrected chi connectivity index (χ4v) is 5.48. The van der Waals surface area contributed by atoms with Gasteiger partial charge in [0.15, 0.2) is 0 Å². The van der Waals surface area contributed by atoms with Crippen molar-refractivity contribution in [2.75, 3.05) is 20.1 Å². The Morgan fingerprint density at radius 3 is 2.71 bits per heavy atom. The lowest BCUT2D eigenvalue weighted by Gasteiger charge is -2.31. The predicted octanol–water partition coefficient (Wildman–Crippen LogP) is 3.99. The summed E-state index contributed by atoms with van der Waals surface area (Å²) in [5, 5.41) is 11.7. The normalized spacial score (nSPS) is 15.7. The molecule has 7 nitrogen and oxygen atoms in total. The van der Waals surface area contributed by atoms with Crippen LogP contribution in [0.2, 0.25) is 0 Å². The van der Waals surface area contributed by atoms with Crippen molar-refractivity contribution < 1.29 is 4.79 Å². The highest BCUT2D eigenvalue weighted by Gasteiger charge is 2.26. The fourth-order valence-electron chi connectivity index (χ4n) is 4.42. The van der Waals surface area contributed by atoms with E-state index in [0.29, 0.717) is 17.4 Å². The Morgan fingerprint density at radius 2 is 2.06 bits per heavy atom. The van der Waals surface area contributed by atoms with Crippen LogP contribution in [-0.4, -0.2) is 53.3 Å². The maximum absolute atomic E-state index is 13.2. The lowest BCUT2D eigenvalue weighted by molar-refractivity contribution is 0.0708. The SMILES string of the molecule is Cc1cc(-c2[nH]c3sc(C(=O)N(C)C4CCNCC4)cc3c2C(C)C)c[nH]/c1=N\C=N. The maximum Gasteiger partial charge on any atom is 0.264 e. The molecule has 4 N–H and O–H groups in total. The first kappa shape index (κ1) is 21.5. The number of pyridine rings is 1. The summed E-state index contributed by atoms with van der Waals surface area (Å²) in [6.07, 6.45) is 4.97. The van der Waals surface area contributed by atoms with Crippen LogP contribution in [0.3, 0.4) is 0 Å². The van der Waals surface area contributed by atoms with Gasteiger partial charge in [-0.3, -0.25) is 10.2 Å². The zero-order chi connectivity index (χ0) is 22.1. The number of hydrogen-bond acceptors (Lipinski definition) is 4. The van der Waals surface area contributed by atoms with E-state index in [1.165, 1.54) is 16.9 Å². The lowest BCUT2D eigenvalue weighted by Crippen LogP contribution is -2.43. The Labute approximate surface area is 186 Å². The molecule has 0 unspecified atom stereocenters. The van der Waals surface area contributed by atoms with Gasteiger partial charge in [0, 0.05) is 30.2 Å². The summed E-state index contributed by atoms with van der Waals surface area (Å²) in [5.74, 6) is 0.411. The predicted molar refractivity (Wildman–Crippen MR) is 127 cm³/mol. The molecule has 0 radical (unpaired) electrons. The molecule has 31 heavy (non-hydrogen) atoms. The molecule has 3 aromatic rings. The molecule has 4 heterocycles. The molecule has 3 aromatic heterocycles. The van der Waals surface area contributed by atoms with Gasteiger partial charge in [-0.1, -0.05) is 13.8 Å². The van der Waals surface area contributed by atoms with E-state index in [1.807, 2.05) is 25.1 Å². The number of aromatic nitrogens is 2. The number of rotatable bonds is 5. The molecule has 1 amide bonds. The minimum Gasteiger partial charge on any atom is -0.346 e. The number of H-pyrrole nitrogens is 2. The van der Waals surface area contributed by atoms with Crippen molar-refractivity contribution in [2.45, 2.75) is 45.6 Å². The van der Waals surface area contributed by atoms with Crippen molar-refractivity contribution in [3.8, 4) is 11.3 Å². The van der Waals surface area contributed by atoms with Crippen LogP contribution >= 0.6 is 11.3 Å². The number of nitrogens with zero attached hydrogens (tertiary/aromatic N) is 2. The molecule has 1 fully saturated rings. The molecular formula is C23H30N6OS. The smallest absolute Gasteiger partial charge is 0.264 e. The first-order valence-corrected chi connectivity index (χ1v) is 11.6. The number of carbonyl (C=O) groups excluding carboxylic acids is 1. The van der Waals surface area contributed by atoms with Crippen LogP contribution in [0.5, 0.6) is 0 Å². The highest BCUT2D eigenvalue weighted by molar-refractivity contribution is 7.20. The topological polar surface area (TPSA) is 100 Å². The third kappa shape index (κ3) is 4.09. The molecule has 0 aliphatic carbocycles. The lowest BCUT2D eigenvalue weighted by atomic mass is 9.97. The van der Waals surface area contributed by atoms with E-state index < -0.39 is 0 Å². The first-order valence-electron chi connectivity index (χ1n) is 10.8. The standard InChI is InChI=1S/C23H30N6OS/c1-13(2)19-17-10-18(23(30)29(4)16-5-7-25-8-6-16)31-22(17)28-20(19)15-9-14(3)21(26-11-15)27-12-24/h9-13,16,25,28H,5-8H2,1-4H3,(H2,24,26,27). The van der Waals surface area contributed by atoms with Crippen molar-refractivity contribution in [1.82, 2.24) is 20.2 Å². The summed E-state index contributed by atoms with van der Waals surface area (Å²) in [6.45, 7) is 8.28. The van der Waals surface area contributed by atoms with Crippen molar-refractivity contribution in [1.29, 1.82) is 5.41 Å². The number of hydrogen-bond donors (Lipinski definition) is 4. The zero-order valence-corrected chi connectivity index (χ0v) is 19.3. The number of piperidine rings is 1. The van der Waals surface area contributed by atoms with Crippen LogP contribution < -0.4 is 10.8 Å². The van der Waals surface area contributed by atoms with Gasteiger partial charge < -0.3 is 20.2 Å². The van der Waals surface area contributed by atoms with Crippen LogP contribution in [0.1, 0.15) is 53.4 Å². The summed E-state index contributed by atoms with van der Waals surface area (Å²) in [5.41, 5.74) is 5.01. The molecule has 1 saturated heterocycles. The van der Waals surface area contributed by atoms with Crippen molar-refractivity contribution in [3.63, 3.8) is 0 Å². The molecule has 0 saturated carbocycles. The highest BCUT2D eigenvalue weighted by atomic mass is 32.1. The summed E-state index contributed by atoms with van der Waals surface area (Å²) >= 11 is 1.54. The second-order valence-electron chi connectivity index (χ2n) is 8.50. The van der Waals surface area contributed by atoms with Crippen LogP contribution in [0.25, 0.3) is 21.5 Å². The molecule has 0 aromatic carbocycles. The Bertz CT molecular complexity index is 1180. The minimum absolute atomic E-state index is 0.111. The molecule has 1 aliphatic heterocycles. The summed E-state index contributed by atoms with van der Waals surface area (Å²) in [6, 6.07) is 4.44. The van der Waals surface area contributed by atoms with E-state index in [2.05, 4.69) is 46.3 Å². The zero-order valence-electron chi connectivity index (χ0n) is 18.5. The number of aromatic amines is 2. The van der Waals surface area contributed by atoms with Gasteiger partial charge in [-0.2, -0.15) is 0 Å². The van der Waals surface area contributed by atoms with Crippen LogP contribution in [0.15, 0.2) is 23.3 Å². The van der Waals surface area contributed by atoms with Gasteiger partial charge in [-0.05, 0) is 62.0 Å². The van der Waals surface area contributed by atoms with E-state index in [9.17, 15) is 4.79 Å². The fraction of sp³-hybridized carbons (Fsp3) is 0.435. The summed E-state index contributed by atoms with van der Waals surface area (Å²) < 4.78 is 0. The van der Waals surface area contributed by atoms with E-state index in [0.717, 1.165) is 64.2 Å². The van der Waals surface area contributed by atoms with Crippen LogP contribution in [0, 0.1) is 12.3 Å². The van der Waals surface area contributed by atoms with Gasteiger partial charge in [0.05, 0.1) is 10.6 Å². The average Bonchev–Trinajstić information content (AvgIpc) is 3.32. The maximum atomic E-state index is 13.2. The largest absolute Gasteiger partial charge is 0.346 e. The van der Waals surface area contributed by atoms with E-state index in [1.54, 1.807) is 0 Å². The van der Waals surface area contributed by atoms with E-state index in [-0.39, 0.29) is 5.91 Å². The van der Waals surface area contributed by atoms with E-state index in [4.69, 9.17) is 5.41 Å². The number of fused-ring (bicyclic) bond motifs is 1. The third-order valence-electron chi connectivity index (χ3n) is 6.09. The van der Waals surface area contributed by atoms with Gasteiger partial charge in [-0.25, -0.2) is 4.99 Å². The van der Waals surface area contributed by atoms with Crippen molar-refractivity contribution in [3.05, 3.63) is 39.8 Å². The minimum atomic E-state index is 0.111. The van der Waals surface area contributed by atoms with Crippen LogP contribution in [-0.2, 0) is 0 Å². The molecule has 0 bridgehead atoms. The molecule has 0 atom stereocenters. The number of nitrogens with one attached hydrogen (secondary N) is 4. The molecule has 0 spiro atoms. The first-order chi connectivity index (χ1) is 14.9. The van der Waals surface area contributed by atoms with Crippen LogP contribution in [0.4, 0.5) is 0 Å². The second-order valence-corrected chi connectivity index (χ2v) is 9.55. The number of carbonyl (C=O) groups is 1. The molecule has 4 rings (SSSR count).